The van der Waals surface area contributed by atoms with Crippen LogP contribution in [0.15, 0.2) is 16.9 Å². The molecule has 1 atom stereocenters. The topological polar surface area (TPSA) is 82.8 Å². The Morgan fingerprint density at radius 3 is 3.00 bits per heavy atom. The van der Waals surface area contributed by atoms with Crippen LogP contribution in [0.3, 0.4) is 0 Å². The fourth-order valence-electron chi connectivity index (χ4n) is 1.49. The van der Waals surface area contributed by atoms with Crippen molar-refractivity contribution in [2.24, 2.45) is 12.8 Å². The molecule has 0 saturated carbocycles. The monoisotopic (exact) mass is 221 g/mol. The fourth-order valence-corrected chi connectivity index (χ4v) is 1.49. The van der Waals surface area contributed by atoms with Crippen molar-refractivity contribution < 1.29 is 4.52 Å². The van der Waals surface area contributed by atoms with Gasteiger partial charge < -0.3 is 14.8 Å². The molecule has 0 aromatic carbocycles. The highest BCUT2D eigenvalue weighted by atomic mass is 16.5. The predicted octanol–water partition coefficient (Wildman–Crippen LogP) is 1.27. The minimum Gasteiger partial charge on any atom is -0.337 e. The van der Waals surface area contributed by atoms with Gasteiger partial charge in [0, 0.05) is 19.4 Å². The summed E-state index contributed by atoms with van der Waals surface area (Å²) in [4.78, 5) is 8.39. The summed E-state index contributed by atoms with van der Waals surface area (Å²) in [6.45, 7) is 2.07. The van der Waals surface area contributed by atoms with Crippen LogP contribution in [-0.2, 0) is 7.05 Å². The lowest BCUT2D eigenvalue weighted by Gasteiger charge is -2.02. The van der Waals surface area contributed by atoms with E-state index in [-0.39, 0.29) is 6.04 Å². The molecule has 86 valence electrons. The molecule has 0 fully saturated rings. The van der Waals surface area contributed by atoms with E-state index in [1.54, 1.807) is 6.20 Å². The molecule has 2 aromatic heterocycles. The summed E-state index contributed by atoms with van der Waals surface area (Å²) in [7, 11) is 1.88. The third kappa shape index (κ3) is 1.96. The van der Waals surface area contributed by atoms with Gasteiger partial charge in [0.05, 0.1) is 6.04 Å². The van der Waals surface area contributed by atoms with Crippen LogP contribution in [0.4, 0.5) is 0 Å². The average Bonchev–Trinajstić information content (AvgIpc) is 2.86. The molecule has 0 unspecified atom stereocenters. The second kappa shape index (κ2) is 4.44. The molecule has 0 aliphatic rings. The van der Waals surface area contributed by atoms with E-state index in [1.165, 1.54) is 0 Å². The van der Waals surface area contributed by atoms with Crippen molar-refractivity contribution >= 4 is 0 Å². The van der Waals surface area contributed by atoms with Crippen LogP contribution in [0.2, 0.25) is 0 Å². The van der Waals surface area contributed by atoms with Gasteiger partial charge >= 0.3 is 0 Å². The van der Waals surface area contributed by atoms with Crippen LogP contribution in [-0.4, -0.2) is 19.7 Å². The molecule has 2 N–H and O–H groups in total. The third-order valence-electron chi connectivity index (χ3n) is 2.38. The van der Waals surface area contributed by atoms with E-state index in [0.29, 0.717) is 17.5 Å². The Morgan fingerprint density at radius 2 is 2.38 bits per heavy atom. The smallest absolute Gasteiger partial charge is 0.243 e. The number of rotatable bonds is 4. The second-order valence-electron chi connectivity index (χ2n) is 3.71. The van der Waals surface area contributed by atoms with Crippen LogP contribution < -0.4 is 5.73 Å². The predicted molar refractivity (Wildman–Crippen MR) is 58.3 cm³/mol. The van der Waals surface area contributed by atoms with Crippen molar-refractivity contribution in [3.05, 3.63) is 18.3 Å². The molecule has 0 aliphatic heterocycles. The first-order chi connectivity index (χ1) is 7.72. The minimum atomic E-state index is -0.188. The van der Waals surface area contributed by atoms with E-state index < -0.39 is 0 Å². The number of nitrogens with zero attached hydrogens (tertiary/aromatic N) is 4. The Balaban J connectivity index is 2.23. The van der Waals surface area contributed by atoms with Gasteiger partial charge in [0.2, 0.25) is 11.7 Å². The van der Waals surface area contributed by atoms with Gasteiger partial charge in [-0.25, -0.2) is 4.98 Å². The van der Waals surface area contributed by atoms with E-state index in [0.717, 1.165) is 12.8 Å². The Bertz CT molecular complexity index is 461. The number of hydrogen-bond acceptors (Lipinski definition) is 5. The highest BCUT2D eigenvalue weighted by Crippen LogP contribution is 2.17. The molecule has 0 saturated heterocycles. The molecule has 2 heterocycles. The summed E-state index contributed by atoms with van der Waals surface area (Å²) in [5.74, 6) is 1.63. The Morgan fingerprint density at radius 1 is 1.56 bits per heavy atom. The van der Waals surface area contributed by atoms with Crippen LogP contribution in [0.5, 0.6) is 0 Å². The molecule has 2 aromatic rings. The van der Waals surface area contributed by atoms with Crippen molar-refractivity contribution in [2.45, 2.75) is 25.8 Å². The summed E-state index contributed by atoms with van der Waals surface area (Å²) in [6.07, 6.45) is 5.35. The molecule has 0 amide bonds. The molecule has 0 bridgehead atoms. The normalized spacial score (nSPS) is 12.9. The van der Waals surface area contributed by atoms with E-state index >= 15 is 0 Å². The zero-order valence-electron chi connectivity index (χ0n) is 9.42. The van der Waals surface area contributed by atoms with E-state index in [1.807, 2.05) is 17.8 Å². The van der Waals surface area contributed by atoms with Gasteiger partial charge in [-0.15, -0.1) is 0 Å². The first-order valence-corrected chi connectivity index (χ1v) is 5.29. The second-order valence-corrected chi connectivity index (χ2v) is 3.71. The van der Waals surface area contributed by atoms with Crippen molar-refractivity contribution in [1.82, 2.24) is 19.7 Å². The lowest BCUT2D eigenvalue weighted by molar-refractivity contribution is 0.348. The lowest BCUT2D eigenvalue weighted by atomic mass is 10.2. The number of aryl methyl sites for hydroxylation is 1. The quantitative estimate of drug-likeness (QED) is 0.840. The van der Waals surface area contributed by atoms with Gasteiger partial charge in [0.1, 0.15) is 0 Å². The summed E-state index contributed by atoms with van der Waals surface area (Å²) in [5, 5.41) is 3.87. The van der Waals surface area contributed by atoms with Crippen molar-refractivity contribution in [3.63, 3.8) is 0 Å². The van der Waals surface area contributed by atoms with Gasteiger partial charge in [-0.1, -0.05) is 18.5 Å². The first kappa shape index (κ1) is 10.8. The maximum atomic E-state index is 5.89. The average molecular weight is 221 g/mol. The van der Waals surface area contributed by atoms with Crippen LogP contribution >= 0.6 is 0 Å². The molecule has 0 radical (unpaired) electrons. The van der Waals surface area contributed by atoms with Crippen molar-refractivity contribution in [1.29, 1.82) is 0 Å². The fraction of sp³-hybridized carbons (Fsp3) is 0.500. The maximum absolute atomic E-state index is 5.89. The number of nitrogens with two attached hydrogens (primary N) is 1. The molecule has 16 heavy (non-hydrogen) atoms. The SMILES string of the molecule is CCC[C@@H](N)c1nc(-c2nccn2C)no1. The Kier molecular flexibility index (Phi) is 3.00. The van der Waals surface area contributed by atoms with E-state index in [9.17, 15) is 0 Å². The van der Waals surface area contributed by atoms with Crippen LogP contribution in [0.25, 0.3) is 11.6 Å². The first-order valence-electron chi connectivity index (χ1n) is 5.29. The highest BCUT2D eigenvalue weighted by molar-refractivity contribution is 5.42. The largest absolute Gasteiger partial charge is 0.337 e. The van der Waals surface area contributed by atoms with Gasteiger partial charge in [-0.3, -0.25) is 0 Å². The molecular weight excluding hydrogens is 206 g/mol. The molecule has 6 heteroatoms. The molecule has 2 rings (SSSR count). The van der Waals surface area contributed by atoms with Gasteiger partial charge in [-0.05, 0) is 6.42 Å². The molecule has 6 nitrogen and oxygen atoms in total. The van der Waals surface area contributed by atoms with Crippen LogP contribution in [0, 0.1) is 0 Å². The van der Waals surface area contributed by atoms with Crippen LogP contribution in [0.1, 0.15) is 31.7 Å². The minimum absolute atomic E-state index is 0.188. The van der Waals surface area contributed by atoms with E-state index in [4.69, 9.17) is 10.3 Å². The summed E-state index contributed by atoms with van der Waals surface area (Å²) in [6, 6.07) is -0.188. The number of imidazole rings is 1. The van der Waals surface area contributed by atoms with E-state index in [2.05, 4.69) is 22.0 Å². The van der Waals surface area contributed by atoms with Crippen molar-refractivity contribution in [2.75, 3.05) is 0 Å². The molecular formula is C10H15N5O. The zero-order chi connectivity index (χ0) is 11.5. The van der Waals surface area contributed by atoms with Gasteiger partial charge in [-0.2, -0.15) is 4.98 Å². The number of hydrogen-bond donors (Lipinski definition) is 1. The van der Waals surface area contributed by atoms with Gasteiger partial charge in [0.25, 0.3) is 0 Å². The Hall–Kier alpha value is -1.69. The Labute approximate surface area is 93.5 Å². The molecule has 0 spiro atoms. The maximum Gasteiger partial charge on any atom is 0.243 e. The summed E-state index contributed by atoms with van der Waals surface area (Å²) < 4.78 is 6.95. The van der Waals surface area contributed by atoms with Gasteiger partial charge in [0.15, 0.2) is 5.82 Å². The zero-order valence-corrected chi connectivity index (χ0v) is 9.42. The van der Waals surface area contributed by atoms with Crippen molar-refractivity contribution in [3.8, 4) is 11.6 Å². The standard InChI is InChI=1S/C10H15N5O/c1-3-4-7(11)10-13-8(14-16-10)9-12-5-6-15(9)2/h5-7H,3-4,11H2,1-2H3/t7-/m1/s1. The molecule has 0 aliphatic carbocycles. The lowest BCUT2D eigenvalue weighted by Crippen LogP contribution is -2.10. The summed E-state index contributed by atoms with van der Waals surface area (Å²) in [5.41, 5.74) is 5.89. The number of aromatic nitrogens is 4. The summed E-state index contributed by atoms with van der Waals surface area (Å²) >= 11 is 0. The highest BCUT2D eigenvalue weighted by Gasteiger charge is 2.16. The third-order valence-corrected chi connectivity index (χ3v) is 2.38.